The average Bonchev–Trinajstić information content (AvgIpc) is 3.68. The Morgan fingerprint density at radius 1 is 1.15 bits per heavy atom. The van der Waals surface area contributed by atoms with Crippen molar-refractivity contribution in [1.29, 1.82) is 0 Å². The Hall–Kier alpha value is -2.79. The van der Waals surface area contributed by atoms with Gasteiger partial charge in [-0.3, -0.25) is 0 Å². The van der Waals surface area contributed by atoms with Crippen molar-refractivity contribution < 1.29 is 35.6 Å². The number of nitrogens with one attached hydrogen (secondary N) is 1. The van der Waals surface area contributed by atoms with Gasteiger partial charge in [-0.2, -0.15) is 0 Å². The first kappa shape index (κ1) is 28.7. The van der Waals surface area contributed by atoms with E-state index < -0.39 is 12.1 Å². The number of alkyl halides is 1. The number of benzene rings is 2. The molecule has 5 rings (SSSR count). The van der Waals surface area contributed by atoms with Gasteiger partial charge < -0.3 is 0 Å². The van der Waals surface area contributed by atoms with Crippen molar-refractivity contribution >= 4 is 29.1 Å². The maximum atomic E-state index is 14.0. The molecule has 1 aromatic heterocycles. The molecule has 3 amide bonds. The fourth-order valence-electron chi connectivity index (χ4n) is 5.90. The van der Waals surface area contributed by atoms with E-state index in [1.54, 1.807) is 21.1 Å². The number of aromatic nitrogens is 1. The van der Waals surface area contributed by atoms with Crippen LogP contribution in [0.1, 0.15) is 66.8 Å². The van der Waals surface area contributed by atoms with E-state index in [1.807, 2.05) is 57.5 Å². The summed E-state index contributed by atoms with van der Waals surface area (Å²) >= 11 is 1.42. The van der Waals surface area contributed by atoms with E-state index in [9.17, 15) is 14.4 Å². The summed E-state index contributed by atoms with van der Waals surface area (Å²) in [6.07, 6.45) is 1.40. The predicted molar refractivity (Wildman–Crippen MR) is 153 cm³/mol. The fourth-order valence-corrected chi connectivity index (χ4v) is 8.62. The average molecular weight is 672 g/mol. The number of hydrogen-bond acceptors (Lipinski definition) is 5. The zero-order valence-corrected chi connectivity index (χ0v) is 26.6. The molecule has 3 aromatic rings. The number of hydrogen-bond donors (Lipinski definition) is 1. The molecule has 2 aromatic carbocycles. The third-order valence-corrected chi connectivity index (χ3v) is 11.0. The number of likely N-dealkylation sites (tertiary alicyclic amines) is 1. The number of fused-ring (bicyclic) bond motifs is 1. The monoisotopic (exact) mass is 671 g/mol. The Labute approximate surface area is 250 Å². The molecular weight excluding hydrogens is 635 g/mol. The van der Waals surface area contributed by atoms with Gasteiger partial charge >= 0.3 is 227 Å². The van der Waals surface area contributed by atoms with Crippen molar-refractivity contribution in [2.45, 2.75) is 65.2 Å². The number of amides is 3. The second-order valence-corrected chi connectivity index (χ2v) is 14.0. The van der Waals surface area contributed by atoms with Crippen molar-refractivity contribution in [2.24, 2.45) is 5.92 Å². The number of carbonyl (C=O) groups excluding carboxylic acids is 3. The molecule has 0 aliphatic carbocycles. The number of carbonyl (C=O) groups is 3. The zero-order valence-electron chi connectivity index (χ0n) is 23.6. The first-order valence-corrected chi connectivity index (χ1v) is 17.9. The maximum absolute atomic E-state index is 14.0. The van der Waals surface area contributed by atoms with Crippen molar-refractivity contribution in [2.75, 3.05) is 11.5 Å². The second-order valence-electron chi connectivity index (χ2n) is 10.9. The minimum atomic E-state index is -0.607. The van der Waals surface area contributed by atoms with Gasteiger partial charge in [-0.1, -0.05) is 18.2 Å². The van der Waals surface area contributed by atoms with E-state index in [1.165, 1.54) is 14.0 Å². The predicted octanol–water partition coefficient (Wildman–Crippen LogP) is 1.86. The number of thiazole rings is 1. The fraction of sp³-hybridized carbons (Fsp3) is 0.419. The van der Waals surface area contributed by atoms with E-state index in [2.05, 4.69) is 33.4 Å². The molecule has 1 saturated heterocycles. The van der Waals surface area contributed by atoms with Gasteiger partial charge in [0.25, 0.3) is 0 Å². The molecule has 40 heavy (non-hydrogen) atoms. The first-order valence-electron chi connectivity index (χ1n) is 13.7. The molecule has 0 bridgehead atoms. The van der Waals surface area contributed by atoms with E-state index in [-0.39, 0.29) is 50.9 Å². The Morgan fingerprint density at radius 2 is 1.93 bits per heavy atom. The van der Waals surface area contributed by atoms with Crippen LogP contribution in [-0.2, 0) is 16.1 Å². The summed E-state index contributed by atoms with van der Waals surface area (Å²) in [6.45, 7) is 8.94. The van der Waals surface area contributed by atoms with Crippen LogP contribution >= 0.6 is 11.3 Å². The van der Waals surface area contributed by atoms with Crippen molar-refractivity contribution in [3.05, 3.63) is 73.9 Å². The molecule has 212 valence electrons. The SMILES string of the molecule is C[I-]c1cc(-c2scnc2C)ccc1C(C)NC(=O)[C@@H]1CCCN1C(=O)C(C(C)C)N1Cc2ccccc2C1=O. The first-order chi connectivity index (χ1) is 19.2. The Bertz CT molecular complexity index is 1440. The van der Waals surface area contributed by atoms with Gasteiger partial charge in [-0.05, 0) is 6.07 Å². The normalized spacial score (nSPS) is 18.4. The molecule has 0 saturated carbocycles. The summed E-state index contributed by atoms with van der Waals surface area (Å²) in [4.78, 5) is 52.0. The third kappa shape index (κ3) is 5.42. The number of aryl methyl sites for hydroxylation is 1. The molecule has 2 aliphatic heterocycles. The number of nitrogens with zero attached hydrogens (tertiary/aromatic N) is 3. The van der Waals surface area contributed by atoms with Gasteiger partial charge in [0.2, 0.25) is 0 Å². The minimum absolute atomic E-state index is 0.0780. The Kier molecular flexibility index (Phi) is 8.61. The zero-order chi connectivity index (χ0) is 28.6. The third-order valence-electron chi connectivity index (χ3n) is 7.95. The molecule has 3 atom stereocenters. The van der Waals surface area contributed by atoms with Crippen molar-refractivity contribution in [3.63, 3.8) is 0 Å². The summed E-state index contributed by atoms with van der Waals surface area (Å²) in [5.41, 5.74) is 6.82. The summed E-state index contributed by atoms with van der Waals surface area (Å²) < 4.78 is 1.29. The van der Waals surface area contributed by atoms with E-state index in [0.717, 1.165) is 23.2 Å². The molecule has 1 N–H and O–H groups in total. The summed E-state index contributed by atoms with van der Waals surface area (Å²) in [7, 11) is 0. The summed E-state index contributed by atoms with van der Waals surface area (Å²) in [5, 5.41) is 3.22. The summed E-state index contributed by atoms with van der Waals surface area (Å²) in [5.74, 6) is -0.444. The molecule has 0 radical (unpaired) electrons. The number of rotatable bonds is 8. The van der Waals surface area contributed by atoms with Gasteiger partial charge in [0, 0.05) is 0 Å². The molecule has 2 unspecified atom stereocenters. The second kappa shape index (κ2) is 12.0. The Balaban J connectivity index is 1.31. The number of halogens is 1. The van der Waals surface area contributed by atoms with Crippen molar-refractivity contribution in [1.82, 2.24) is 20.1 Å². The standard InChI is InChI=1S/C31H36IN4O3S/c1-18(2)27(36-16-22-9-6-7-10-24(22)30(36)38)31(39)35-14-8-11-26(35)29(37)34-19(3)23-13-12-21(15-25(23)32-5)28-20(4)33-17-40-28/h6-7,9-10,12-13,15,17-19,26-27H,8,11,14,16H2,1-5H3,(H,34,37)/q-1/t19?,26-,27?/m0/s1. The van der Waals surface area contributed by atoms with Crippen molar-refractivity contribution in [3.8, 4) is 10.4 Å². The molecule has 9 heteroatoms. The van der Waals surface area contributed by atoms with Crippen LogP contribution in [0.15, 0.2) is 48.0 Å². The van der Waals surface area contributed by atoms with Crippen LogP contribution in [0.25, 0.3) is 10.4 Å². The van der Waals surface area contributed by atoms with Crippen LogP contribution in [0.4, 0.5) is 0 Å². The van der Waals surface area contributed by atoms with Crippen LogP contribution in [0.3, 0.4) is 0 Å². The van der Waals surface area contributed by atoms with Gasteiger partial charge in [0.15, 0.2) is 0 Å². The van der Waals surface area contributed by atoms with Gasteiger partial charge in [-0.25, -0.2) is 0 Å². The van der Waals surface area contributed by atoms with Gasteiger partial charge in [-0.15, -0.1) is 0 Å². The van der Waals surface area contributed by atoms with Gasteiger partial charge in [0.05, 0.1) is 0 Å². The van der Waals surface area contributed by atoms with Crippen LogP contribution in [0.2, 0.25) is 0 Å². The summed E-state index contributed by atoms with van der Waals surface area (Å²) in [6, 6.07) is 12.7. The van der Waals surface area contributed by atoms with E-state index in [0.29, 0.717) is 25.1 Å². The molecule has 7 nitrogen and oxygen atoms in total. The van der Waals surface area contributed by atoms with Crippen LogP contribution in [0.5, 0.6) is 0 Å². The molecule has 2 aliphatic rings. The van der Waals surface area contributed by atoms with Crippen LogP contribution in [0, 0.1) is 16.4 Å². The molecule has 0 spiro atoms. The van der Waals surface area contributed by atoms with E-state index >= 15 is 0 Å². The van der Waals surface area contributed by atoms with Crippen LogP contribution in [-0.4, -0.2) is 56.1 Å². The Morgan fingerprint density at radius 3 is 2.60 bits per heavy atom. The molecule has 1 fully saturated rings. The van der Waals surface area contributed by atoms with E-state index in [4.69, 9.17) is 0 Å². The molecular formula is C31H36IN4O3S-. The van der Waals surface area contributed by atoms with Crippen LogP contribution < -0.4 is 26.5 Å². The topological polar surface area (TPSA) is 82.6 Å². The molecule has 3 heterocycles. The van der Waals surface area contributed by atoms with Gasteiger partial charge in [0.1, 0.15) is 0 Å². The quantitative estimate of drug-likeness (QED) is 0.293.